The van der Waals surface area contributed by atoms with Gasteiger partial charge >= 0.3 is 0 Å². The van der Waals surface area contributed by atoms with Gasteiger partial charge in [-0.2, -0.15) is 5.26 Å². The van der Waals surface area contributed by atoms with Crippen LogP contribution < -0.4 is 0 Å². The molecule has 0 saturated heterocycles. The third kappa shape index (κ3) is 143. The van der Waals surface area contributed by atoms with Crippen LogP contribution in [0.2, 0.25) is 0 Å². The maximum Gasteiger partial charge on any atom is 0.0937 e. The van der Waals surface area contributed by atoms with Crippen LogP contribution in [0.25, 0.3) is 0 Å². The van der Waals surface area contributed by atoms with Gasteiger partial charge in [0, 0.05) is 29.5 Å². The number of rotatable bonds is 3. The van der Waals surface area contributed by atoms with Gasteiger partial charge in [-0.1, -0.05) is 86.6 Å². The van der Waals surface area contributed by atoms with Gasteiger partial charge in [0.2, 0.25) is 0 Å². The van der Waals surface area contributed by atoms with E-state index in [1.807, 2.05) is 6.07 Å². The van der Waals surface area contributed by atoms with Crippen molar-refractivity contribution in [3.05, 3.63) is 12.2 Å². The maximum absolute atomic E-state index is 7.79. The average Bonchev–Trinajstić information content (AvgIpc) is 2.39. The van der Waals surface area contributed by atoms with Crippen molar-refractivity contribution >= 4 is 23.9 Å². The van der Waals surface area contributed by atoms with E-state index in [-0.39, 0.29) is 23.9 Å². The predicted molar refractivity (Wildman–Crippen MR) is 87.9 cm³/mol. The standard InChI is InChI=1S/C4H5N.3C4H10.Sn/c1-4(2)3-5;3*1-3-4-2;/h1H2,2H3;3*3-4H2,1-2H3;. The molecule has 0 aliphatic carbocycles. The molecule has 4 radical (unpaired) electrons. The Morgan fingerprint density at radius 1 is 0.778 bits per heavy atom. The summed E-state index contributed by atoms with van der Waals surface area (Å²) in [6, 6.07) is 1.83. The van der Waals surface area contributed by atoms with Crippen molar-refractivity contribution in [2.75, 3.05) is 0 Å². The smallest absolute Gasteiger partial charge is 0.0937 e. The molecule has 0 bridgehead atoms. The fourth-order valence-electron chi connectivity index (χ4n) is 0. The largest absolute Gasteiger partial charge is 0.193 e. The number of nitrogens with zero attached hydrogens (tertiary/aromatic N) is 1. The first-order valence-electron chi connectivity index (χ1n) is 7.07. The molecule has 0 rings (SSSR count). The Hall–Kier alpha value is 0.0287. The number of hydrogen-bond acceptors (Lipinski definition) is 1. The summed E-state index contributed by atoms with van der Waals surface area (Å²) in [5.41, 5.74) is 0.560. The molecule has 0 fully saturated rings. The minimum absolute atomic E-state index is 0. The van der Waals surface area contributed by atoms with Crippen molar-refractivity contribution < 1.29 is 0 Å². The minimum atomic E-state index is 0. The van der Waals surface area contributed by atoms with Crippen LogP contribution in [-0.4, -0.2) is 23.9 Å². The zero-order valence-electron chi connectivity index (χ0n) is 13.9. The van der Waals surface area contributed by atoms with Crippen LogP contribution in [0.15, 0.2) is 12.2 Å². The molecule has 0 aliphatic rings. The Bertz CT molecular complexity index is 132. The van der Waals surface area contributed by atoms with Gasteiger partial charge in [-0.3, -0.25) is 0 Å². The molecule has 0 saturated carbocycles. The van der Waals surface area contributed by atoms with E-state index >= 15 is 0 Å². The fraction of sp³-hybridized carbons (Fsp3) is 0.812. The van der Waals surface area contributed by atoms with Crippen molar-refractivity contribution in [3.63, 3.8) is 0 Å². The normalized spacial score (nSPS) is 6.56. The second-order valence-electron chi connectivity index (χ2n) is 3.89. The molecule has 0 atom stereocenters. The summed E-state index contributed by atoms with van der Waals surface area (Å²) in [4.78, 5) is 0. The first-order valence-corrected chi connectivity index (χ1v) is 7.07. The van der Waals surface area contributed by atoms with Crippen LogP contribution in [-0.2, 0) is 0 Å². The Kier molecular flexibility index (Phi) is 74.4. The minimum Gasteiger partial charge on any atom is -0.193 e. The number of nitriles is 1. The van der Waals surface area contributed by atoms with E-state index in [0.29, 0.717) is 5.57 Å². The van der Waals surface area contributed by atoms with Crippen LogP contribution in [0.5, 0.6) is 0 Å². The van der Waals surface area contributed by atoms with Crippen molar-refractivity contribution in [3.8, 4) is 6.07 Å². The summed E-state index contributed by atoms with van der Waals surface area (Å²) >= 11 is 0. The molecule has 0 aromatic heterocycles. The van der Waals surface area contributed by atoms with E-state index in [1.54, 1.807) is 6.92 Å². The second kappa shape index (κ2) is 43.5. The van der Waals surface area contributed by atoms with E-state index < -0.39 is 0 Å². The molecule has 0 aromatic rings. The Morgan fingerprint density at radius 3 is 0.889 bits per heavy atom. The number of unbranched alkanes of at least 4 members (excludes halogenated alkanes) is 3. The first kappa shape index (κ1) is 30.8. The van der Waals surface area contributed by atoms with Gasteiger partial charge in [-0.05, 0) is 6.92 Å². The first-order chi connectivity index (χ1) is 8.01. The van der Waals surface area contributed by atoms with Gasteiger partial charge in [0.15, 0.2) is 0 Å². The Balaban J connectivity index is -0.0000000412. The van der Waals surface area contributed by atoms with Gasteiger partial charge in [0.1, 0.15) is 0 Å². The van der Waals surface area contributed by atoms with E-state index in [2.05, 4.69) is 48.1 Å². The molecule has 18 heavy (non-hydrogen) atoms. The fourth-order valence-corrected chi connectivity index (χ4v) is 0. The molecular weight excluding hydrogens is 325 g/mol. The molecule has 108 valence electrons. The second-order valence-corrected chi connectivity index (χ2v) is 3.89. The summed E-state index contributed by atoms with van der Waals surface area (Å²) in [6.07, 6.45) is 7.92. The van der Waals surface area contributed by atoms with Gasteiger partial charge in [0.05, 0.1) is 6.07 Å². The third-order valence-corrected chi connectivity index (χ3v) is 1.69. The molecule has 0 aromatic carbocycles. The third-order valence-electron chi connectivity index (χ3n) is 1.69. The molecule has 1 nitrogen and oxygen atoms in total. The summed E-state index contributed by atoms with van der Waals surface area (Å²) in [7, 11) is 0. The molecule has 2 heteroatoms. The molecule has 0 N–H and O–H groups in total. The number of hydrogen-bond donors (Lipinski definition) is 0. The molecule has 0 spiro atoms. The van der Waals surface area contributed by atoms with Crippen LogP contribution in [0.4, 0.5) is 0 Å². The van der Waals surface area contributed by atoms with Crippen LogP contribution >= 0.6 is 0 Å². The van der Waals surface area contributed by atoms with Gasteiger partial charge < -0.3 is 0 Å². The van der Waals surface area contributed by atoms with Gasteiger partial charge in [0.25, 0.3) is 0 Å². The van der Waals surface area contributed by atoms with Gasteiger partial charge in [-0.15, -0.1) is 0 Å². The summed E-state index contributed by atoms with van der Waals surface area (Å²) in [5, 5.41) is 7.79. The molecule has 0 heterocycles. The predicted octanol–water partition coefficient (Wildman–Crippen LogP) is 6.12. The molecule has 0 aliphatic heterocycles. The molecule has 0 amide bonds. The van der Waals surface area contributed by atoms with Crippen LogP contribution in [0.1, 0.15) is 87.0 Å². The van der Waals surface area contributed by atoms with Crippen molar-refractivity contribution in [2.45, 2.75) is 87.0 Å². The SMILES string of the molecule is C=C(C)C#N.CCCC.CCCC.CCCC.[Sn]. The Labute approximate surface area is 134 Å². The maximum atomic E-state index is 7.79. The van der Waals surface area contributed by atoms with E-state index in [4.69, 9.17) is 5.26 Å². The topological polar surface area (TPSA) is 23.8 Å². The van der Waals surface area contributed by atoms with E-state index in [9.17, 15) is 0 Å². The van der Waals surface area contributed by atoms with Crippen LogP contribution in [0.3, 0.4) is 0 Å². The zero-order chi connectivity index (χ0) is 14.5. The molecule has 0 unspecified atom stereocenters. The van der Waals surface area contributed by atoms with E-state index in [0.717, 1.165) is 0 Å². The Morgan fingerprint density at radius 2 is 0.889 bits per heavy atom. The van der Waals surface area contributed by atoms with E-state index in [1.165, 1.54) is 38.5 Å². The monoisotopic (exact) mass is 361 g/mol. The van der Waals surface area contributed by atoms with Gasteiger partial charge in [-0.25, -0.2) is 0 Å². The number of allylic oxidation sites excluding steroid dienone is 1. The summed E-state index contributed by atoms with van der Waals surface area (Å²) < 4.78 is 0. The molecular formula is C16H35NSn. The summed E-state index contributed by atoms with van der Waals surface area (Å²) in [6.45, 7) is 18.1. The van der Waals surface area contributed by atoms with Crippen molar-refractivity contribution in [1.82, 2.24) is 0 Å². The van der Waals surface area contributed by atoms with Crippen molar-refractivity contribution in [1.29, 1.82) is 5.26 Å². The quantitative estimate of drug-likeness (QED) is 0.439. The van der Waals surface area contributed by atoms with Crippen LogP contribution in [0, 0.1) is 11.3 Å². The zero-order valence-corrected chi connectivity index (χ0v) is 16.8. The average molecular weight is 360 g/mol. The summed E-state index contributed by atoms with van der Waals surface area (Å²) in [5.74, 6) is 0. The van der Waals surface area contributed by atoms with Crippen molar-refractivity contribution in [2.24, 2.45) is 0 Å².